The number of para-hydroxylation sites is 2. The van der Waals surface area contributed by atoms with E-state index >= 15 is 0 Å². The third-order valence-electron chi connectivity index (χ3n) is 7.38. The molecule has 0 aromatic heterocycles. The molecular formula is C36H30ClF3N2O5. The van der Waals surface area contributed by atoms with Gasteiger partial charge >= 0.3 is 12.3 Å². The van der Waals surface area contributed by atoms with Crippen LogP contribution in [0.4, 0.5) is 18.9 Å². The van der Waals surface area contributed by atoms with E-state index in [4.69, 9.17) is 16.3 Å². The summed E-state index contributed by atoms with van der Waals surface area (Å²) in [6, 6.07) is 27.5. The Bertz CT molecular complexity index is 1810. The van der Waals surface area contributed by atoms with Gasteiger partial charge in [-0.2, -0.15) is 0 Å². The van der Waals surface area contributed by atoms with Crippen molar-refractivity contribution >= 4 is 29.2 Å². The smallest absolute Gasteiger partial charge is 0.480 e. The molecule has 11 heteroatoms. The number of alkyl halides is 3. The van der Waals surface area contributed by atoms with E-state index in [1.807, 2.05) is 66.7 Å². The molecule has 0 saturated heterocycles. The van der Waals surface area contributed by atoms with Gasteiger partial charge in [0.1, 0.15) is 23.3 Å². The number of allylic oxidation sites excluding steroid dienone is 4. The van der Waals surface area contributed by atoms with Crippen molar-refractivity contribution in [2.45, 2.75) is 32.2 Å². The van der Waals surface area contributed by atoms with Crippen molar-refractivity contribution in [1.82, 2.24) is 5.32 Å². The van der Waals surface area contributed by atoms with E-state index < -0.39 is 30.2 Å². The number of carbonyl (C=O) groups excluding carboxylic acids is 1. The molecule has 47 heavy (non-hydrogen) atoms. The minimum absolute atomic E-state index is 0.00227. The average molecular weight is 663 g/mol. The van der Waals surface area contributed by atoms with Crippen LogP contribution in [0, 0.1) is 5.92 Å². The van der Waals surface area contributed by atoms with E-state index in [2.05, 4.69) is 15.4 Å². The molecule has 3 N–H and O–H groups in total. The minimum atomic E-state index is -4.80. The molecule has 0 heterocycles. The second kappa shape index (κ2) is 14.5. The summed E-state index contributed by atoms with van der Waals surface area (Å²) < 4.78 is 48.3. The first kappa shape index (κ1) is 33.2. The lowest BCUT2D eigenvalue weighted by Gasteiger charge is -2.24. The largest absolute Gasteiger partial charge is 0.572 e. The van der Waals surface area contributed by atoms with Crippen LogP contribution in [0.25, 0.3) is 11.1 Å². The molecule has 2 atom stereocenters. The number of nitrogens with one attached hydrogen (secondary N) is 2. The summed E-state index contributed by atoms with van der Waals surface area (Å²) in [6.45, 7) is 1.59. The monoisotopic (exact) mass is 662 g/mol. The second-order valence-corrected chi connectivity index (χ2v) is 11.3. The SMILES string of the molecule is CC1CC(Nc2ccc(Cl)cc2C(=O)N[C@@H](Cc2ccc(-c3ccccc3Oc3ccccc3)cc2)C(=O)O)=CC=C1OC(F)(F)F. The number of amides is 1. The number of benzene rings is 4. The fraction of sp³-hybridized carbons (Fsp3) is 0.167. The maximum Gasteiger partial charge on any atom is 0.572 e. The predicted molar refractivity (Wildman–Crippen MR) is 173 cm³/mol. The highest BCUT2D eigenvalue weighted by Gasteiger charge is 2.34. The van der Waals surface area contributed by atoms with Gasteiger partial charge in [-0.3, -0.25) is 4.79 Å². The summed E-state index contributed by atoms with van der Waals surface area (Å²) in [4.78, 5) is 25.6. The molecule has 1 unspecified atom stereocenters. The zero-order valence-electron chi connectivity index (χ0n) is 25.1. The van der Waals surface area contributed by atoms with Gasteiger partial charge in [0.25, 0.3) is 5.91 Å². The summed E-state index contributed by atoms with van der Waals surface area (Å²) >= 11 is 6.18. The van der Waals surface area contributed by atoms with Gasteiger partial charge in [0.05, 0.1) is 11.3 Å². The molecule has 4 aromatic rings. The van der Waals surface area contributed by atoms with E-state index in [-0.39, 0.29) is 29.2 Å². The number of carboxylic acids is 1. The molecule has 5 rings (SSSR count). The van der Waals surface area contributed by atoms with Crippen molar-refractivity contribution in [3.8, 4) is 22.6 Å². The molecule has 0 bridgehead atoms. The lowest BCUT2D eigenvalue weighted by molar-refractivity contribution is -0.308. The van der Waals surface area contributed by atoms with Crippen LogP contribution in [0.1, 0.15) is 29.3 Å². The van der Waals surface area contributed by atoms with Gasteiger partial charge in [0.15, 0.2) is 0 Å². The number of halogens is 4. The second-order valence-electron chi connectivity index (χ2n) is 10.9. The van der Waals surface area contributed by atoms with Gasteiger partial charge in [0.2, 0.25) is 0 Å². The molecular weight excluding hydrogens is 633 g/mol. The molecule has 1 aliphatic rings. The summed E-state index contributed by atoms with van der Waals surface area (Å²) in [5.41, 5.74) is 3.32. The highest BCUT2D eigenvalue weighted by Crippen LogP contribution is 2.34. The van der Waals surface area contributed by atoms with E-state index in [1.165, 1.54) is 18.2 Å². The number of hydrogen-bond donors (Lipinski definition) is 3. The van der Waals surface area contributed by atoms with E-state index in [9.17, 15) is 27.9 Å². The average Bonchev–Trinajstić information content (AvgIpc) is 3.03. The quantitative estimate of drug-likeness (QED) is 0.148. The Morgan fingerprint density at radius 3 is 2.34 bits per heavy atom. The summed E-state index contributed by atoms with van der Waals surface area (Å²) in [7, 11) is 0. The molecule has 7 nitrogen and oxygen atoms in total. The van der Waals surface area contributed by atoms with Gasteiger partial charge in [-0.1, -0.05) is 79.2 Å². The van der Waals surface area contributed by atoms with E-state index in [0.29, 0.717) is 28.4 Å². The van der Waals surface area contributed by atoms with Gasteiger partial charge in [-0.05, 0) is 66.1 Å². The number of rotatable bonds is 11. The van der Waals surface area contributed by atoms with Crippen LogP contribution < -0.4 is 15.4 Å². The van der Waals surface area contributed by atoms with Crippen molar-refractivity contribution in [2.24, 2.45) is 5.92 Å². The predicted octanol–water partition coefficient (Wildman–Crippen LogP) is 8.98. The lowest BCUT2D eigenvalue weighted by Crippen LogP contribution is -2.42. The molecule has 0 saturated carbocycles. The maximum atomic E-state index is 13.4. The number of anilines is 1. The number of ether oxygens (including phenoxy) is 2. The Balaban J connectivity index is 1.29. The Morgan fingerprint density at radius 1 is 0.957 bits per heavy atom. The van der Waals surface area contributed by atoms with Crippen molar-refractivity contribution < 1.29 is 37.3 Å². The number of aliphatic carboxylic acids is 1. The van der Waals surface area contributed by atoms with Gasteiger partial charge < -0.3 is 25.2 Å². The molecule has 0 radical (unpaired) electrons. The van der Waals surface area contributed by atoms with Crippen molar-refractivity contribution in [1.29, 1.82) is 0 Å². The number of hydrogen-bond acceptors (Lipinski definition) is 5. The van der Waals surface area contributed by atoms with E-state index in [1.54, 1.807) is 31.2 Å². The van der Waals surface area contributed by atoms with Crippen LogP contribution in [-0.2, 0) is 16.0 Å². The fourth-order valence-corrected chi connectivity index (χ4v) is 5.27. The van der Waals surface area contributed by atoms with Crippen LogP contribution >= 0.6 is 11.6 Å². The van der Waals surface area contributed by atoms with Gasteiger partial charge in [-0.15, -0.1) is 13.2 Å². The Hall–Kier alpha value is -5.22. The Labute approximate surface area is 274 Å². The van der Waals surface area contributed by atoms with Crippen molar-refractivity contribution in [3.63, 3.8) is 0 Å². The fourth-order valence-electron chi connectivity index (χ4n) is 5.09. The van der Waals surface area contributed by atoms with E-state index in [0.717, 1.165) is 11.1 Å². The van der Waals surface area contributed by atoms with Gasteiger partial charge in [0, 0.05) is 28.6 Å². The van der Waals surface area contributed by atoms with Crippen LogP contribution in [0.3, 0.4) is 0 Å². The van der Waals surface area contributed by atoms with Crippen molar-refractivity contribution in [2.75, 3.05) is 5.32 Å². The first-order chi connectivity index (χ1) is 22.4. The molecule has 0 spiro atoms. The summed E-state index contributed by atoms with van der Waals surface area (Å²) in [5.74, 6) is -1.36. The first-order valence-corrected chi connectivity index (χ1v) is 15.0. The van der Waals surface area contributed by atoms with Crippen LogP contribution in [0.2, 0.25) is 5.02 Å². The normalized spacial score (nSPS) is 15.1. The van der Waals surface area contributed by atoms with Crippen molar-refractivity contribution in [3.05, 3.63) is 137 Å². The number of carbonyl (C=O) groups is 2. The molecule has 242 valence electrons. The molecule has 0 aliphatic heterocycles. The van der Waals surface area contributed by atoms with Crippen LogP contribution in [0.15, 0.2) is 121 Å². The van der Waals surface area contributed by atoms with Crippen LogP contribution in [0.5, 0.6) is 11.5 Å². The maximum absolute atomic E-state index is 13.4. The molecule has 4 aromatic carbocycles. The minimum Gasteiger partial charge on any atom is -0.480 e. The third-order valence-corrected chi connectivity index (χ3v) is 7.62. The standard InChI is InChI=1S/C36H30ClF3N2O5/c1-22-19-26(16-18-32(22)47-36(38,39)40)41-30-17-15-25(37)21-29(30)34(43)42-31(35(44)45)20-23-11-13-24(14-12-23)28-9-5-6-10-33(28)46-27-7-3-2-4-8-27/h2-18,21-22,31,41H,19-20H2,1H3,(H,42,43)(H,44,45)/t22?,31-/m0/s1. The highest BCUT2D eigenvalue weighted by atomic mass is 35.5. The summed E-state index contributed by atoms with van der Waals surface area (Å²) in [6.07, 6.45) is -1.95. The zero-order chi connectivity index (χ0) is 33.6. The lowest BCUT2D eigenvalue weighted by atomic mass is 9.97. The van der Waals surface area contributed by atoms with Gasteiger partial charge in [-0.25, -0.2) is 4.79 Å². The molecule has 1 amide bonds. The Morgan fingerprint density at radius 2 is 1.66 bits per heavy atom. The molecule has 0 fully saturated rings. The number of carboxylic acid groups (broad SMARTS) is 1. The Kier molecular flexibility index (Phi) is 10.2. The highest BCUT2D eigenvalue weighted by molar-refractivity contribution is 6.31. The zero-order valence-corrected chi connectivity index (χ0v) is 25.8. The topological polar surface area (TPSA) is 96.9 Å². The third kappa shape index (κ3) is 8.95. The molecule has 1 aliphatic carbocycles. The first-order valence-electron chi connectivity index (χ1n) is 14.6. The summed E-state index contributed by atoms with van der Waals surface area (Å²) in [5, 5.41) is 15.9. The van der Waals surface area contributed by atoms with Crippen LogP contribution in [-0.4, -0.2) is 29.4 Å².